The van der Waals surface area contributed by atoms with Crippen LogP contribution in [0.15, 0.2) is 76.3 Å². The highest BCUT2D eigenvalue weighted by molar-refractivity contribution is 5.76. The number of ether oxygens (including phenoxy) is 2. The molecule has 0 aliphatic carbocycles. The van der Waals surface area contributed by atoms with Crippen LogP contribution in [0.2, 0.25) is 0 Å². The lowest BCUT2D eigenvalue weighted by molar-refractivity contribution is -0.384. The fraction of sp³-hybridized carbons (Fsp3) is 0.296. The van der Waals surface area contributed by atoms with Crippen LogP contribution in [0.25, 0.3) is 5.57 Å². The molecule has 1 unspecified atom stereocenters. The topological polar surface area (TPSA) is 130 Å². The minimum Gasteiger partial charge on any atom is -0.428 e. The van der Waals surface area contributed by atoms with Crippen molar-refractivity contribution in [3.63, 3.8) is 0 Å². The van der Waals surface area contributed by atoms with E-state index in [1.54, 1.807) is 39.8 Å². The van der Waals surface area contributed by atoms with Crippen molar-refractivity contribution in [1.29, 1.82) is 0 Å². The number of dihydropyridines is 1. The summed E-state index contributed by atoms with van der Waals surface area (Å²) >= 11 is 0. The summed E-state index contributed by atoms with van der Waals surface area (Å²) in [6.45, 7) is 8.77. The number of rotatable bonds is 6. The van der Waals surface area contributed by atoms with Crippen molar-refractivity contribution in [1.82, 2.24) is 15.5 Å². The van der Waals surface area contributed by atoms with Crippen LogP contribution in [0.3, 0.4) is 0 Å². The van der Waals surface area contributed by atoms with Gasteiger partial charge in [0, 0.05) is 24.3 Å². The second kappa shape index (κ2) is 10.3. The first-order valence-corrected chi connectivity index (χ1v) is 11.7. The quantitative estimate of drug-likeness (QED) is 0.249. The van der Waals surface area contributed by atoms with Crippen LogP contribution >= 0.6 is 0 Å². The summed E-state index contributed by atoms with van der Waals surface area (Å²) in [4.78, 5) is 28.3. The molecule has 4 rings (SSSR count). The third-order valence-electron chi connectivity index (χ3n) is 5.60. The maximum Gasteiger partial charge on any atom is 0.514 e. The number of allylic oxidation sites excluding steroid dienone is 3. The zero-order valence-electron chi connectivity index (χ0n) is 21.3. The van der Waals surface area contributed by atoms with Gasteiger partial charge in [-0.3, -0.25) is 10.1 Å². The van der Waals surface area contributed by atoms with E-state index >= 15 is 0 Å². The molecule has 1 aromatic heterocycles. The SMILES string of the molecule is CC1=C(OC(=O)OC(C)(C)C)C(c2cccc([N+](=O)[O-])c2)C(c2nc(Cc3ccccc3)no2)=C(C)N1. The summed E-state index contributed by atoms with van der Waals surface area (Å²) in [5.74, 6) is 0.155. The highest BCUT2D eigenvalue weighted by Gasteiger charge is 2.37. The predicted molar refractivity (Wildman–Crippen MR) is 135 cm³/mol. The molecule has 0 saturated carbocycles. The van der Waals surface area contributed by atoms with E-state index in [1.807, 2.05) is 37.3 Å². The Morgan fingerprint density at radius 3 is 2.51 bits per heavy atom. The molecule has 1 aliphatic heterocycles. The highest BCUT2D eigenvalue weighted by Crippen LogP contribution is 2.44. The van der Waals surface area contributed by atoms with Crippen LogP contribution in [0, 0.1) is 10.1 Å². The van der Waals surface area contributed by atoms with Crippen molar-refractivity contribution >= 4 is 17.4 Å². The van der Waals surface area contributed by atoms with Gasteiger partial charge in [-0.2, -0.15) is 4.98 Å². The molecule has 0 amide bonds. The Kier molecular flexibility index (Phi) is 7.10. The minimum atomic E-state index is -0.895. The van der Waals surface area contributed by atoms with Gasteiger partial charge in [0.05, 0.1) is 22.1 Å². The number of nitrogens with one attached hydrogen (secondary N) is 1. The van der Waals surface area contributed by atoms with Gasteiger partial charge in [-0.05, 0) is 45.7 Å². The molecule has 2 aromatic carbocycles. The van der Waals surface area contributed by atoms with Crippen LogP contribution in [0.1, 0.15) is 63.4 Å². The van der Waals surface area contributed by atoms with Crippen molar-refractivity contribution in [3.05, 3.63) is 105 Å². The number of nitrogens with zero attached hydrogens (tertiary/aromatic N) is 3. The third kappa shape index (κ3) is 6.03. The standard InChI is InChI=1S/C27H28N4O6/c1-16-22(25-29-21(30-37-25)14-18-10-7-6-8-11-18)23(19-12-9-13-20(15-19)31(33)34)24(17(2)28-16)35-26(32)36-27(3,4)5/h6-13,15,23,28H,14H2,1-5H3. The smallest absolute Gasteiger partial charge is 0.428 e. The van der Waals surface area contributed by atoms with Gasteiger partial charge in [-0.1, -0.05) is 47.6 Å². The number of hydrogen-bond donors (Lipinski definition) is 1. The van der Waals surface area contributed by atoms with E-state index in [1.165, 1.54) is 12.1 Å². The molecular formula is C27H28N4O6. The number of nitro benzene ring substituents is 1. The number of non-ortho nitro benzene ring substituents is 1. The Hall–Kier alpha value is -4.47. The average Bonchev–Trinajstić information content (AvgIpc) is 3.28. The largest absolute Gasteiger partial charge is 0.514 e. The van der Waals surface area contributed by atoms with Gasteiger partial charge < -0.3 is 19.3 Å². The predicted octanol–water partition coefficient (Wildman–Crippen LogP) is 5.87. The number of carbonyl (C=O) groups is 1. The molecule has 1 atom stereocenters. The summed E-state index contributed by atoms with van der Waals surface area (Å²) in [5.41, 5.74) is 2.43. The van der Waals surface area contributed by atoms with Gasteiger partial charge >= 0.3 is 6.16 Å². The van der Waals surface area contributed by atoms with Gasteiger partial charge in [-0.15, -0.1) is 0 Å². The molecule has 37 heavy (non-hydrogen) atoms. The second-order valence-electron chi connectivity index (χ2n) is 9.68. The van der Waals surface area contributed by atoms with Gasteiger partial charge in [-0.25, -0.2) is 4.79 Å². The van der Waals surface area contributed by atoms with Crippen molar-refractivity contribution in [3.8, 4) is 0 Å². The summed E-state index contributed by atoms with van der Waals surface area (Å²) in [6.07, 6.45) is -0.435. The molecule has 0 saturated heterocycles. The molecule has 0 fully saturated rings. The summed E-state index contributed by atoms with van der Waals surface area (Å²) < 4.78 is 16.7. The van der Waals surface area contributed by atoms with E-state index in [-0.39, 0.29) is 17.3 Å². The molecule has 0 spiro atoms. The summed E-state index contributed by atoms with van der Waals surface area (Å²) in [6, 6.07) is 15.9. The Morgan fingerprint density at radius 1 is 1.11 bits per heavy atom. The van der Waals surface area contributed by atoms with Crippen molar-refractivity contribution in [2.45, 2.75) is 52.6 Å². The zero-order valence-corrected chi connectivity index (χ0v) is 21.3. The van der Waals surface area contributed by atoms with E-state index in [0.29, 0.717) is 34.8 Å². The first-order valence-electron chi connectivity index (χ1n) is 11.7. The first kappa shape index (κ1) is 25.6. The minimum absolute atomic E-state index is 0.0994. The first-order chi connectivity index (χ1) is 17.5. The maximum absolute atomic E-state index is 12.7. The molecule has 10 heteroatoms. The van der Waals surface area contributed by atoms with Crippen LogP contribution in [0.5, 0.6) is 0 Å². The van der Waals surface area contributed by atoms with E-state index in [9.17, 15) is 14.9 Å². The average molecular weight is 505 g/mol. The van der Waals surface area contributed by atoms with Gasteiger partial charge in [0.2, 0.25) is 0 Å². The number of benzene rings is 2. The third-order valence-corrected chi connectivity index (χ3v) is 5.60. The second-order valence-corrected chi connectivity index (χ2v) is 9.68. The normalized spacial score (nSPS) is 15.9. The Labute approximate surface area is 214 Å². The lowest BCUT2D eigenvalue weighted by Gasteiger charge is -2.30. The molecule has 1 aliphatic rings. The molecular weight excluding hydrogens is 476 g/mol. The zero-order chi connectivity index (χ0) is 26.7. The molecule has 1 N–H and O–H groups in total. The lowest BCUT2D eigenvalue weighted by atomic mass is 9.84. The summed E-state index contributed by atoms with van der Waals surface area (Å²) in [7, 11) is 0. The van der Waals surface area contributed by atoms with Crippen LogP contribution in [-0.4, -0.2) is 26.8 Å². The van der Waals surface area contributed by atoms with Crippen LogP contribution in [-0.2, 0) is 15.9 Å². The number of nitro groups is 1. The summed E-state index contributed by atoms with van der Waals surface area (Å²) in [5, 5.41) is 18.9. The Morgan fingerprint density at radius 2 is 1.84 bits per heavy atom. The van der Waals surface area contributed by atoms with Gasteiger partial charge in [0.15, 0.2) is 5.82 Å². The van der Waals surface area contributed by atoms with E-state index in [4.69, 9.17) is 14.0 Å². The van der Waals surface area contributed by atoms with Crippen LogP contribution in [0.4, 0.5) is 10.5 Å². The van der Waals surface area contributed by atoms with E-state index in [2.05, 4.69) is 15.5 Å². The van der Waals surface area contributed by atoms with Crippen molar-refractivity contribution in [2.75, 3.05) is 0 Å². The molecule has 192 valence electrons. The van der Waals surface area contributed by atoms with Crippen molar-refractivity contribution < 1.29 is 23.7 Å². The van der Waals surface area contributed by atoms with E-state index < -0.39 is 22.6 Å². The fourth-order valence-corrected chi connectivity index (χ4v) is 4.10. The fourth-order valence-electron chi connectivity index (χ4n) is 4.10. The maximum atomic E-state index is 12.7. The number of hydrogen-bond acceptors (Lipinski definition) is 9. The molecule has 0 bridgehead atoms. The lowest BCUT2D eigenvalue weighted by Crippen LogP contribution is -2.29. The van der Waals surface area contributed by atoms with E-state index in [0.717, 1.165) is 5.56 Å². The molecule has 0 radical (unpaired) electrons. The van der Waals surface area contributed by atoms with Crippen LogP contribution < -0.4 is 5.32 Å². The monoisotopic (exact) mass is 504 g/mol. The molecule has 10 nitrogen and oxygen atoms in total. The highest BCUT2D eigenvalue weighted by atomic mass is 16.7. The van der Waals surface area contributed by atoms with Crippen molar-refractivity contribution in [2.24, 2.45) is 0 Å². The van der Waals surface area contributed by atoms with Gasteiger partial charge in [0.1, 0.15) is 11.4 Å². The Balaban J connectivity index is 1.77. The Bertz CT molecular complexity index is 1390. The van der Waals surface area contributed by atoms with Gasteiger partial charge in [0.25, 0.3) is 11.6 Å². The molecule has 2 heterocycles. The number of carbonyl (C=O) groups excluding carboxylic acids is 1. The molecule has 3 aromatic rings. The number of aromatic nitrogens is 2.